The van der Waals surface area contributed by atoms with Gasteiger partial charge >= 0.3 is 0 Å². The monoisotopic (exact) mass is 413 g/mol. The maximum Gasteiger partial charge on any atom is 0.203 e. The summed E-state index contributed by atoms with van der Waals surface area (Å²) in [6.45, 7) is 1.52. The van der Waals surface area contributed by atoms with Gasteiger partial charge in [0.2, 0.25) is 5.75 Å². The van der Waals surface area contributed by atoms with Crippen LogP contribution in [-0.4, -0.2) is 52.0 Å². The molecular weight excluding hydrogens is 382 g/mol. The van der Waals surface area contributed by atoms with Crippen LogP contribution >= 0.6 is 0 Å². The number of rotatable bonds is 9. The van der Waals surface area contributed by atoms with Crippen LogP contribution in [0.3, 0.4) is 0 Å². The summed E-state index contributed by atoms with van der Waals surface area (Å²) >= 11 is 0. The Morgan fingerprint density at radius 1 is 0.867 bits per heavy atom. The first kappa shape index (κ1) is 20.7. The van der Waals surface area contributed by atoms with Crippen molar-refractivity contribution in [1.82, 2.24) is 4.90 Å². The lowest BCUT2D eigenvalue weighted by Crippen LogP contribution is -2.43. The number of ether oxygens (including phenoxy) is 5. The molecule has 4 rings (SSSR count). The predicted molar refractivity (Wildman–Crippen MR) is 115 cm³/mol. The molecule has 6 heteroatoms. The number of likely N-dealkylation sites (tertiary alicyclic amines) is 1. The molecule has 1 saturated heterocycles. The van der Waals surface area contributed by atoms with Gasteiger partial charge in [-0.3, -0.25) is 4.90 Å². The number of nitrogens with zero attached hydrogens (tertiary/aromatic N) is 1. The first-order chi connectivity index (χ1) is 14.7. The fourth-order valence-electron chi connectivity index (χ4n) is 4.97. The van der Waals surface area contributed by atoms with Gasteiger partial charge in [-0.25, -0.2) is 0 Å². The van der Waals surface area contributed by atoms with E-state index in [0.717, 1.165) is 23.6 Å². The molecule has 2 aliphatic rings. The normalized spacial score (nSPS) is 22.7. The average molecular weight is 414 g/mol. The molecule has 3 atom stereocenters. The zero-order valence-corrected chi connectivity index (χ0v) is 18.2. The number of fused-ring (bicyclic) bond motifs is 2. The van der Waals surface area contributed by atoms with Crippen molar-refractivity contribution < 1.29 is 23.7 Å². The first-order valence-corrected chi connectivity index (χ1v) is 10.5. The Bertz CT molecular complexity index is 845. The van der Waals surface area contributed by atoms with E-state index in [9.17, 15) is 0 Å². The van der Waals surface area contributed by atoms with Crippen LogP contribution < -0.4 is 23.7 Å². The van der Waals surface area contributed by atoms with Crippen LogP contribution in [0.15, 0.2) is 36.4 Å². The molecule has 1 heterocycles. The lowest BCUT2D eigenvalue weighted by Gasteiger charge is -2.35. The van der Waals surface area contributed by atoms with E-state index in [1.165, 1.54) is 19.3 Å². The highest BCUT2D eigenvalue weighted by Gasteiger charge is 2.46. The molecule has 30 heavy (non-hydrogen) atoms. The maximum absolute atomic E-state index is 6.19. The van der Waals surface area contributed by atoms with Gasteiger partial charge in [0.25, 0.3) is 0 Å². The topological polar surface area (TPSA) is 49.4 Å². The van der Waals surface area contributed by atoms with Crippen LogP contribution in [0.5, 0.6) is 28.7 Å². The fraction of sp³-hybridized carbons (Fsp3) is 0.500. The quantitative estimate of drug-likeness (QED) is 0.616. The minimum absolute atomic E-state index is 0.397. The van der Waals surface area contributed by atoms with E-state index >= 15 is 0 Å². The molecule has 0 amide bonds. The summed E-state index contributed by atoms with van der Waals surface area (Å²) in [4.78, 5) is 2.59. The molecule has 2 aromatic carbocycles. The number of piperidine rings is 1. The van der Waals surface area contributed by atoms with Crippen LogP contribution in [0.25, 0.3) is 0 Å². The molecule has 1 aliphatic carbocycles. The first-order valence-electron chi connectivity index (χ1n) is 10.5. The van der Waals surface area contributed by atoms with Crippen LogP contribution in [0.4, 0.5) is 0 Å². The second kappa shape index (κ2) is 9.04. The molecule has 0 aromatic heterocycles. The summed E-state index contributed by atoms with van der Waals surface area (Å²) in [5.74, 6) is 4.37. The average Bonchev–Trinajstić information content (AvgIpc) is 3.39. The van der Waals surface area contributed by atoms with Crippen molar-refractivity contribution >= 4 is 0 Å². The van der Waals surface area contributed by atoms with Crippen LogP contribution in [-0.2, 0) is 6.54 Å². The molecule has 0 spiro atoms. The third-order valence-corrected chi connectivity index (χ3v) is 6.44. The Hall–Kier alpha value is -2.60. The third kappa shape index (κ3) is 4.01. The Morgan fingerprint density at radius 2 is 1.60 bits per heavy atom. The summed E-state index contributed by atoms with van der Waals surface area (Å²) in [5, 5.41) is 0. The number of methoxy groups -OCH3 is 4. The summed E-state index contributed by atoms with van der Waals surface area (Å²) in [6.07, 6.45) is 3.78. The summed E-state index contributed by atoms with van der Waals surface area (Å²) in [5.41, 5.74) is 1.16. The number of hydrogen-bond acceptors (Lipinski definition) is 6. The van der Waals surface area contributed by atoms with Gasteiger partial charge < -0.3 is 23.7 Å². The van der Waals surface area contributed by atoms with Gasteiger partial charge in [-0.2, -0.15) is 0 Å². The highest BCUT2D eigenvalue weighted by molar-refractivity contribution is 5.53. The predicted octanol–water partition coefficient (Wildman–Crippen LogP) is 4.15. The van der Waals surface area contributed by atoms with Gasteiger partial charge in [0.05, 0.1) is 28.4 Å². The zero-order chi connectivity index (χ0) is 21.1. The molecule has 2 bridgehead atoms. The van der Waals surface area contributed by atoms with Crippen molar-refractivity contribution in [3.05, 3.63) is 42.0 Å². The van der Waals surface area contributed by atoms with Crippen molar-refractivity contribution in [3.63, 3.8) is 0 Å². The molecular formula is C24H31NO5. The van der Waals surface area contributed by atoms with E-state index in [1.54, 1.807) is 28.4 Å². The van der Waals surface area contributed by atoms with Crippen molar-refractivity contribution in [3.8, 4) is 28.7 Å². The Kier molecular flexibility index (Phi) is 6.23. The van der Waals surface area contributed by atoms with Crippen molar-refractivity contribution in [1.29, 1.82) is 0 Å². The van der Waals surface area contributed by atoms with Crippen LogP contribution in [0.2, 0.25) is 0 Å². The zero-order valence-electron chi connectivity index (χ0n) is 18.2. The molecule has 0 unspecified atom stereocenters. The van der Waals surface area contributed by atoms with E-state index < -0.39 is 0 Å². The Labute approximate surface area is 178 Å². The fourth-order valence-corrected chi connectivity index (χ4v) is 4.97. The standard InChI is InChI=1S/C24H31NO5/c1-26-19-6-5-7-20(13-19)30-15-21-17-8-9-18(12-17)25(21)14-16-10-22(27-2)24(29-4)23(11-16)28-3/h5-7,10-11,13,17-18,21H,8-9,12,14-15H2,1-4H3/t17-,18-,21+/m0/s1. The van der Waals surface area contributed by atoms with Gasteiger partial charge in [-0.1, -0.05) is 6.07 Å². The third-order valence-electron chi connectivity index (χ3n) is 6.44. The lowest BCUT2D eigenvalue weighted by atomic mass is 9.98. The highest BCUT2D eigenvalue weighted by atomic mass is 16.5. The molecule has 162 valence electrons. The number of hydrogen-bond donors (Lipinski definition) is 0. The van der Waals surface area contributed by atoms with E-state index in [0.29, 0.717) is 41.9 Å². The van der Waals surface area contributed by atoms with Gasteiger partial charge in [-0.15, -0.1) is 0 Å². The molecule has 0 radical (unpaired) electrons. The minimum atomic E-state index is 0.397. The van der Waals surface area contributed by atoms with Crippen LogP contribution in [0.1, 0.15) is 24.8 Å². The SMILES string of the molecule is COc1cccc(OC[C@@H]2[C@H]3CC[C@@H](C3)N2Cc2cc(OC)c(OC)c(OC)c2)c1. The summed E-state index contributed by atoms with van der Waals surface area (Å²) < 4.78 is 28.0. The Morgan fingerprint density at radius 3 is 2.27 bits per heavy atom. The van der Waals surface area contributed by atoms with Gasteiger partial charge in [-0.05, 0) is 55.0 Å². The lowest BCUT2D eigenvalue weighted by molar-refractivity contribution is 0.0865. The Balaban J connectivity index is 1.51. The van der Waals surface area contributed by atoms with E-state index in [4.69, 9.17) is 23.7 Å². The summed E-state index contributed by atoms with van der Waals surface area (Å²) in [7, 11) is 6.62. The van der Waals surface area contributed by atoms with E-state index in [1.807, 2.05) is 36.4 Å². The van der Waals surface area contributed by atoms with Crippen molar-refractivity contribution in [2.24, 2.45) is 5.92 Å². The van der Waals surface area contributed by atoms with Gasteiger partial charge in [0.1, 0.15) is 18.1 Å². The molecule has 0 N–H and O–H groups in total. The second-order valence-electron chi connectivity index (χ2n) is 7.99. The second-order valence-corrected chi connectivity index (χ2v) is 7.99. The number of benzene rings is 2. The van der Waals surface area contributed by atoms with E-state index in [-0.39, 0.29) is 0 Å². The molecule has 2 fully saturated rings. The van der Waals surface area contributed by atoms with Crippen molar-refractivity contribution in [2.45, 2.75) is 37.9 Å². The smallest absolute Gasteiger partial charge is 0.203 e. The van der Waals surface area contributed by atoms with Crippen molar-refractivity contribution in [2.75, 3.05) is 35.0 Å². The maximum atomic E-state index is 6.19. The summed E-state index contributed by atoms with van der Waals surface area (Å²) in [6, 6.07) is 12.9. The van der Waals surface area contributed by atoms with Gasteiger partial charge in [0.15, 0.2) is 11.5 Å². The molecule has 6 nitrogen and oxygen atoms in total. The highest BCUT2D eigenvalue weighted by Crippen LogP contribution is 2.45. The molecule has 1 aliphatic heterocycles. The largest absolute Gasteiger partial charge is 0.497 e. The minimum Gasteiger partial charge on any atom is -0.497 e. The van der Waals surface area contributed by atoms with E-state index in [2.05, 4.69) is 4.90 Å². The van der Waals surface area contributed by atoms with Crippen LogP contribution in [0, 0.1) is 5.92 Å². The van der Waals surface area contributed by atoms with Gasteiger partial charge in [0, 0.05) is 24.7 Å². The molecule has 1 saturated carbocycles. The molecule has 2 aromatic rings.